The lowest BCUT2D eigenvalue weighted by molar-refractivity contribution is -0.138. The van der Waals surface area contributed by atoms with Crippen LogP contribution in [-0.4, -0.2) is 41.9 Å². The van der Waals surface area contributed by atoms with Crippen LogP contribution in [0.25, 0.3) is 0 Å². The monoisotopic (exact) mass is 256 g/mol. The van der Waals surface area contributed by atoms with Gasteiger partial charge in [-0.05, 0) is 37.5 Å². The summed E-state index contributed by atoms with van der Waals surface area (Å²) in [7, 11) is 0. The first kappa shape index (κ1) is 13.2. The minimum absolute atomic E-state index is 0.219. The highest BCUT2D eigenvalue weighted by Crippen LogP contribution is 2.31. The molecule has 0 aromatic carbocycles. The Morgan fingerprint density at radius 2 is 2.00 bits per heavy atom. The van der Waals surface area contributed by atoms with Crippen molar-refractivity contribution < 1.29 is 4.79 Å². The van der Waals surface area contributed by atoms with Crippen molar-refractivity contribution in [1.29, 1.82) is 0 Å². The first-order valence-corrected chi connectivity index (χ1v) is 8.05. The van der Waals surface area contributed by atoms with Crippen molar-refractivity contribution >= 4 is 17.7 Å². The van der Waals surface area contributed by atoms with Crippen molar-refractivity contribution in [3.63, 3.8) is 0 Å². The van der Waals surface area contributed by atoms with E-state index in [9.17, 15) is 4.79 Å². The van der Waals surface area contributed by atoms with E-state index in [0.717, 1.165) is 38.1 Å². The van der Waals surface area contributed by atoms with Crippen molar-refractivity contribution in [2.75, 3.05) is 31.1 Å². The number of hydrogen-bond donors (Lipinski definition) is 1. The van der Waals surface area contributed by atoms with Crippen molar-refractivity contribution in [2.45, 2.75) is 32.1 Å². The van der Waals surface area contributed by atoms with E-state index >= 15 is 0 Å². The van der Waals surface area contributed by atoms with Crippen LogP contribution in [0.15, 0.2) is 0 Å². The zero-order valence-corrected chi connectivity index (χ0v) is 11.4. The van der Waals surface area contributed by atoms with E-state index in [1.165, 1.54) is 18.6 Å². The van der Waals surface area contributed by atoms with Gasteiger partial charge in [-0.3, -0.25) is 4.79 Å². The molecular formula is C13H24N2OS. The third-order valence-corrected chi connectivity index (χ3v) is 5.11. The van der Waals surface area contributed by atoms with Crippen molar-refractivity contribution in [3.05, 3.63) is 0 Å². The van der Waals surface area contributed by atoms with E-state index in [0.29, 0.717) is 18.4 Å². The third-order valence-electron chi connectivity index (χ3n) is 4.06. The van der Waals surface area contributed by atoms with Crippen LogP contribution in [0.5, 0.6) is 0 Å². The van der Waals surface area contributed by atoms with Crippen LogP contribution in [0, 0.1) is 11.8 Å². The van der Waals surface area contributed by atoms with Crippen LogP contribution in [0.2, 0.25) is 0 Å². The summed E-state index contributed by atoms with van der Waals surface area (Å²) in [4.78, 5) is 14.6. The second-order valence-corrected chi connectivity index (χ2v) is 6.40. The predicted octanol–water partition coefficient (Wildman–Crippen LogP) is 1.72. The summed E-state index contributed by atoms with van der Waals surface area (Å²) >= 11 is 1.97. The number of nitrogens with zero attached hydrogens (tertiary/aromatic N) is 1. The largest absolute Gasteiger partial charge is 0.342 e. The zero-order valence-electron chi connectivity index (χ0n) is 10.6. The minimum Gasteiger partial charge on any atom is -0.342 e. The molecule has 1 saturated heterocycles. The van der Waals surface area contributed by atoms with Gasteiger partial charge in [-0.1, -0.05) is 12.8 Å². The van der Waals surface area contributed by atoms with Gasteiger partial charge >= 0.3 is 0 Å². The van der Waals surface area contributed by atoms with Crippen LogP contribution in [0.1, 0.15) is 32.1 Å². The molecule has 2 aliphatic rings. The molecule has 2 rings (SSSR count). The molecule has 17 heavy (non-hydrogen) atoms. The number of thioether (sulfide) groups is 1. The van der Waals surface area contributed by atoms with Crippen molar-refractivity contribution in [2.24, 2.45) is 17.6 Å². The fourth-order valence-electron chi connectivity index (χ4n) is 3.02. The highest BCUT2D eigenvalue weighted by Gasteiger charge is 2.32. The number of hydrogen-bond acceptors (Lipinski definition) is 3. The lowest BCUT2D eigenvalue weighted by Gasteiger charge is -2.33. The number of amides is 1. The van der Waals surface area contributed by atoms with Gasteiger partial charge in [0.1, 0.15) is 0 Å². The summed E-state index contributed by atoms with van der Waals surface area (Å²) in [5.41, 5.74) is 5.82. The van der Waals surface area contributed by atoms with Gasteiger partial charge < -0.3 is 10.6 Å². The molecule has 1 amide bonds. The first-order valence-electron chi connectivity index (χ1n) is 6.89. The molecule has 2 atom stereocenters. The molecule has 3 nitrogen and oxygen atoms in total. The van der Waals surface area contributed by atoms with Gasteiger partial charge in [-0.25, -0.2) is 0 Å². The Bertz CT molecular complexity index is 252. The molecule has 0 radical (unpaired) electrons. The summed E-state index contributed by atoms with van der Waals surface area (Å²) in [6.45, 7) is 2.58. The molecule has 98 valence electrons. The van der Waals surface area contributed by atoms with Gasteiger partial charge in [0.2, 0.25) is 5.91 Å². The van der Waals surface area contributed by atoms with E-state index in [1.807, 2.05) is 11.8 Å². The summed E-state index contributed by atoms with van der Waals surface area (Å²) in [5, 5.41) is 0. The van der Waals surface area contributed by atoms with E-state index in [1.54, 1.807) is 0 Å². The molecule has 2 fully saturated rings. The fraction of sp³-hybridized carbons (Fsp3) is 0.923. The van der Waals surface area contributed by atoms with Crippen LogP contribution in [0.3, 0.4) is 0 Å². The smallest absolute Gasteiger partial charge is 0.226 e. The Labute approximate surface area is 108 Å². The molecule has 1 aliphatic carbocycles. The number of nitrogens with two attached hydrogens (primary N) is 1. The number of carbonyl (C=O) groups is 1. The molecule has 1 saturated carbocycles. The fourth-order valence-corrected chi connectivity index (χ4v) is 3.90. The Morgan fingerprint density at radius 3 is 2.82 bits per heavy atom. The van der Waals surface area contributed by atoms with Crippen molar-refractivity contribution in [1.82, 2.24) is 4.90 Å². The summed E-state index contributed by atoms with van der Waals surface area (Å²) in [6, 6.07) is 0. The van der Waals surface area contributed by atoms with Gasteiger partial charge in [0.25, 0.3) is 0 Å². The molecule has 0 aromatic heterocycles. The molecular weight excluding hydrogens is 232 g/mol. The molecule has 0 bridgehead atoms. The Kier molecular flexibility index (Phi) is 5.16. The second kappa shape index (κ2) is 6.64. The topological polar surface area (TPSA) is 46.3 Å². The van der Waals surface area contributed by atoms with E-state index < -0.39 is 0 Å². The van der Waals surface area contributed by atoms with Crippen LogP contribution in [0.4, 0.5) is 0 Å². The standard InChI is InChI=1S/C13H24N2OS/c14-10-11-4-1-2-5-12(11)13(16)15-6-3-8-17-9-7-15/h11-12H,1-10,14H2. The quantitative estimate of drug-likeness (QED) is 0.818. The van der Waals surface area contributed by atoms with Gasteiger partial charge in [0, 0.05) is 24.8 Å². The average molecular weight is 256 g/mol. The average Bonchev–Trinajstić information content (AvgIpc) is 2.66. The molecule has 2 N–H and O–H groups in total. The number of rotatable bonds is 2. The predicted molar refractivity (Wildman–Crippen MR) is 73.0 cm³/mol. The summed E-state index contributed by atoms with van der Waals surface area (Å²) < 4.78 is 0. The molecule has 2 unspecified atom stereocenters. The van der Waals surface area contributed by atoms with Gasteiger partial charge in [-0.2, -0.15) is 11.8 Å². The van der Waals surface area contributed by atoms with E-state index in [4.69, 9.17) is 5.73 Å². The Morgan fingerprint density at radius 1 is 1.18 bits per heavy atom. The van der Waals surface area contributed by atoms with Crippen LogP contribution in [-0.2, 0) is 4.79 Å². The highest BCUT2D eigenvalue weighted by atomic mass is 32.2. The Balaban J connectivity index is 1.96. The van der Waals surface area contributed by atoms with Gasteiger partial charge in [0.15, 0.2) is 0 Å². The third kappa shape index (κ3) is 3.38. The minimum atomic E-state index is 0.219. The molecule has 4 heteroatoms. The lowest BCUT2D eigenvalue weighted by atomic mass is 9.78. The SMILES string of the molecule is NCC1CCCCC1C(=O)N1CCCSCC1. The van der Waals surface area contributed by atoms with Gasteiger partial charge in [-0.15, -0.1) is 0 Å². The van der Waals surface area contributed by atoms with E-state index in [2.05, 4.69) is 4.90 Å². The van der Waals surface area contributed by atoms with E-state index in [-0.39, 0.29) is 5.92 Å². The first-order chi connectivity index (χ1) is 8.33. The molecule has 0 aromatic rings. The molecule has 1 aliphatic heterocycles. The highest BCUT2D eigenvalue weighted by molar-refractivity contribution is 7.99. The van der Waals surface area contributed by atoms with Crippen LogP contribution >= 0.6 is 11.8 Å². The maximum atomic E-state index is 12.5. The molecule has 0 spiro atoms. The van der Waals surface area contributed by atoms with Gasteiger partial charge in [0.05, 0.1) is 0 Å². The summed E-state index contributed by atoms with van der Waals surface area (Å²) in [5.74, 6) is 3.35. The Hall–Kier alpha value is -0.220. The normalized spacial score (nSPS) is 31.0. The van der Waals surface area contributed by atoms with Crippen molar-refractivity contribution in [3.8, 4) is 0 Å². The summed E-state index contributed by atoms with van der Waals surface area (Å²) in [6.07, 6.45) is 5.81. The second-order valence-electron chi connectivity index (χ2n) is 5.18. The number of carbonyl (C=O) groups excluding carboxylic acids is 1. The lowest BCUT2D eigenvalue weighted by Crippen LogP contribution is -2.43. The van der Waals surface area contributed by atoms with Crippen LogP contribution < -0.4 is 5.73 Å². The maximum Gasteiger partial charge on any atom is 0.226 e. The maximum absolute atomic E-state index is 12.5. The molecule has 1 heterocycles. The zero-order chi connectivity index (χ0) is 12.1.